The molecular weight excluding hydrogens is 578 g/mol. The Labute approximate surface area is 270 Å². The minimum atomic E-state index is -3.39. The summed E-state index contributed by atoms with van der Waals surface area (Å²) in [6.07, 6.45) is 2.67. The van der Waals surface area contributed by atoms with E-state index < -0.39 is 36.4 Å². The van der Waals surface area contributed by atoms with Gasteiger partial charge in [-0.05, 0) is 55.4 Å². The fourth-order valence-corrected chi connectivity index (χ4v) is 5.57. The molecule has 3 rings (SSSR count). The third-order valence-corrected chi connectivity index (χ3v) is 8.27. The van der Waals surface area contributed by atoms with Gasteiger partial charge in [-0.15, -0.1) is 0 Å². The molecule has 45 heavy (non-hydrogen) atoms. The van der Waals surface area contributed by atoms with Crippen LogP contribution in [-0.2, 0) is 36.0 Å². The summed E-state index contributed by atoms with van der Waals surface area (Å²) in [5.41, 5.74) is 1.37. The van der Waals surface area contributed by atoms with Gasteiger partial charge in [-0.3, -0.25) is 0 Å². The summed E-state index contributed by atoms with van der Waals surface area (Å²) < 4.78 is 71.1. The van der Waals surface area contributed by atoms with Crippen LogP contribution in [0.5, 0.6) is 5.75 Å². The van der Waals surface area contributed by atoms with E-state index in [1.807, 2.05) is 24.3 Å². The van der Waals surface area contributed by atoms with Crippen molar-refractivity contribution in [3.8, 4) is 5.75 Å². The van der Waals surface area contributed by atoms with Crippen molar-refractivity contribution in [3.63, 3.8) is 0 Å². The zero-order valence-electron chi connectivity index (χ0n) is 28.1. The largest absolute Gasteiger partial charge is 0.497 e. The Bertz CT molecular complexity index is 1070. The molecule has 0 saturated carbocycles. The first-order chi connectivity index (χ1) is 21.9. The van der Waals surface area contributed by atoms with Crippen LogP contribution >= 0.6 is 0 Å². The zero-order valence-corrected chi connectivity index (χ0v) is 28.1. The molecule has 254 valence electrons. The maximum Gasteiger partial charge on any atom is 0.301 e. The predicted octanol–water partition coefficient (Wildman–Crippen LogP) is 8.52. The number of halogens is 2. The normalized spacial score (nSPS) is 22.1. The predicted molar refractivity (Wildman–Crippen MR) is 174 cm³/mol. The van der Waals surface area contributed by atoms with Crippen LogP contribution in [0.1, 0.15) is 95.8 Å². The highest BCUT2D eigenvalue weighted by atomic mass is 19.3. The van der Waals surface area contributed by atoms with Gasteiger partial charge < -0.3 is 28.4 Å². The summed E-state index contributed by atoms with van der Waals surface area (Å²) in [5.74, 6) is -2.67. The average Bonchev–Trinajstić information content (AvgIpc) is 3.05. The lowest BCUT2D eigenvalue weighted by Gasteiger charge is -2.48. The second kappa shape index (κ2) is 20.2. The second-order valence-electron chi connectivity index (χ2n) is 11.9. The molecule has 0 spiro atoms. The van der Waals surface area contributed by atoms with Crippen LogP contribution in [0.25, 0.3) is 0 Å². The molecule has 1 aliphatic rings. The van der Waals surface area contributed by atoms with Crippen molar-refractivity contribution in [2.24, 2.45) is 0 Å². The van der Waals surface area contributed by atoms with Crippen molar-refractivity contribution in [2.75, 3.05) is 40.1 Å². The third-order valence-electron chi connectivity index (χ3n) is 8.27. The summed E-state index contributed by atoms with van der Waals surface area (Å²) >= 11 is 0. The van der Waals surface area contributed by atoms with Gasteiger partial charge in [0.2, 0.25) is 0 Å². The van der Waals surface area contributed by atoms with Gasteiger partial charge in [0.05, 0.1) is 13.7 Å². The van der Waals surface area contributed by atoms with Crippen LogP contribution in [0, 0.1) is 0 Å². The fraction of sp³-hybridized carbons (Fsp3) is 0.676. The van der Waals surface area contributed by atoms with Gasteiger partial charge in [0.15, 0.2) is 6.10 Å². The van der Waals surface area contributed by atoms with Gasteiger partial charge in [-0.25, -0.2) is 0 Å². The van der Waals surface area contributed by atoms with E-state index in [0.29, 0.717) is 38.4 Å². The van der Waals surface area contributed by atoms with E-state index in [1.165, 1.54) is 6.07 Å². The van der Waals surface area contributed by atoms with Crippen LogP contribution in [-0.4, -0.2) is 70.7 Å². The Morgan fingerprint density at radius 2 is 1.24 bits per heavy atom. The SMILES string of the molecule is CCCCOC[C@H]1O[C@@H](C(F)(F)c2ccccc2Cc2ccc(OC)cc2)[C@H](OCCCC)[C@@H](OCCCC)[C@@H]1OCCCC. The summed E-state index contributed by atoms with van der Waals surface area (Å²) in [6, 6.07) is 14.2. The van der Waals surface area contributed by atoms with Crippen molar-refractivity contribution in [2.45, 2.75) is 122 Å². The highest BCUT2D eigenvalue weighted by Gasteiger charge is 2.58. The van der Waals surface area contributed by atoms with Crippen LogP contribution in [0.3, 0.4) is 0 Å². The van der Waals surface area contributed by atoms with Crippen molar-refractivity contribution < 1.29 is 37.2 Å². The lowest BCUT2D eigenvalue weighted by Crippen LogP contribution is -2.65. The van der Waals surface area contributed by atoms with Gasteiger partial charge in [0.1, 0.15) is 30.2 Å². The summed E-state index contributed by atoms with van der Waals surface area (Å²) in [6.45, 7) is 10.2. The van der Waals surface area contributed by atoms with Gasteiger partial charge >= 0.3 is 5.92 Å². The van der Waals surface area contributed by atoms with E-state index in [0.717, 1.165) is 62.7 Å². The van der Waals surface area contributed by atoms with Crippen LogP contribution in [0.2, 0.25) is 0 Å². The Hall–Kier alpha value is -2.10. The number of hydrogen-bond donors (Lipinski definition) is 0. The molecule has 0 amide bonds. The molecule has 1 fully saturated rings. The van der Waals surface area contributed by atoms with Gasteiger partial charge in [-0.2, -0.15) is 8.78 Å². The van der Waals surface area contributed by atoms with E-state index in [-0.39, 0.29) is 12.2 Å². The Morgan fingerprint density at radius 3 is 1.84 bits per heavy atom. The van der Waals surface area contributed by atoms with Crippen molar-refractivity contribution in [1.82, 2.24) is 0 Å². The summed E-state index contributed by atoms with van der Waals surface area (Å²) in [5, 5.41) is 0. The molecule has 0 aliphatic carbocycles. The highest BCUT2D eigenvalue weighted by molar-refractivity contribution is 5.38. The smallest absolute Gasteiger partial charge is 0.301 e. The minimum Gasteiger partial charge on any atom is -0.497 e. The molecule has 1 aliphatic heterocycles. The Kier molecular flexibility index (Phi) is 16.8. The molecule has 2 aromatic carbocycles. The third kappa shape index (κ3) is 11.0. The Morgan fingerprint density at radius 1 is 0.689 bits per heavy atom. The van der Waals surface area contributed by atoms with E-state index in [4.69, 9.17) is 28.4 Å². The first-order valence-electron chi connectivity index (χ1n) is 17.1. The second-order valence-corrected chi connectivity index (χ2v) is 11.9. The quantitative estimate of drug-likeness (QED) is 0.121. The van der Waals surface area contributed by atoms with Crippen LogP contribution < -0.4 is 4.74 Å². The van der Waals surface area contributed by atoms with E-state index in [1.54, 1.807) is 25.3 Å². The number of benzene rings is 2. The summed E-state index contributed by atoms with van der Waals surface area (Å²) in [4.78, 5) is 0. The molecule has 0 N–H and O–H groups in total. The fourth-order valence-electron chi connectivity index (χ4n) is 5.57. The summed E-state index contributed by atoms with van der Waals surface area (Å²) in [7, 11) is 1.61. The zero-order chi connectivity index (χ0) is 32.5. The lowest BCUT2D eigenvalue weighted by atomic mass is 9.86. The number of methoxy groups -OCH3 is 1. The van der Waals surface area contributed by atoms with E-state index >= 15 is 8.78 Å². The van der Waals surface area contributed by atoms with E-state index in [9.17, 15) is 0 Å². The van der Waals surface area contributed by atoms with Crippen molar-refractivity contribution >= 4 is 0 Å². The van der Waals surface area contributed by atoms with Gasteiger partial charge in [0.25, 0.3) is 0 Å². The molecule has 5 atom stereocenters. The highest BCUT2D eigenvalue weighted by Crippen LogP contribution is 2.43. The lowest BCUT2D eigenvalue weighted by molar-refractivity contribution is -0.308. The van der Waals surface area contributed by atoms with Crippen molar-refractivity contribution in [1.29, 1.82) is 0 Å². The maximum absolute atomic E-state index is 17.1. The molecule has 0 aromatic heterocycles. The van der Waals surface area contributed by atoms with Gasteiger partial charge in [0, 0.05) is 32.0 Å². The van der Waals surface area contributed by atoms with E-state index in [2.05, 4.69) is 27.7 Å². The first-order valence-corrected chi connectivity index (χ1v) is 17.1. The number of hydrogen-bond acceptors (Lipinski definition) is 6. The standard InChI is InChI=1S/C37H56F2O6/c1-6-10-22-41-27-32-33(42-23-11-7-2)34(43-24-12-8-3)35(44-25-13-9-4)36(45-32)37(38,39)31-17-15-14-16-29(31)26-28-18-20-30(40-5)21-19-28/h14-21,32-36H,6-13,22-27H2,1-5H3/t32-,33-,34+,35-,36-/m1/s1. The minimum absolute atomic E-state index is 0.0711. The number of rotatable bonds is 22. The molecule has 1 saturated heterocycles. The average molecular weight is 635 g/mol. The Balaban J connectivity index is 2.03. The molecule has 0 unspecified atom stereocenters. The molecular formula is C37H56F2O6. The van der Waals surface area contributed by atoms with Crippen molar-refractivity contribution in [3.05, 3.63) is 65.2 Å². The number of ether oxygens (including phenoxy) is 6. The first kappa shape index (κ1) is 37.4. The maximum atomic E-state index is 17.1. The topological polar surface area (TPSA) is 55.4 Å². The van der Waals surface area contributed by atoms with Gasteiger partial charge in [-0.1, -0.05) is 89.8 Å². The van der Waals surface area contributed by atoms with Crippen LogP contribution in [0.15, 0.2) is 48.5 Å². The molecule has 0 bridgehead atoms. The molecule has 8 heteroatoms. The number of unbranched alkanes of at least 4 members (excludes halogenated alkanes) is 4. The number of alkyl halides is 2. The molecule has 6 nitrogen and oxygen atoms in total. The monoisotopic (exact) mass is 634 g/mol. The van der Waals surface area contributed by atoms with Crippen LogP contribution in [0.4, 0.5) is 8.78 Å². The molecule has 0 radical (unpaired) electrons. The molecule has 1 heterocycles. The molecule has 2 aromatic rings.